The van der Waals surface area contributed by atoms with Crippen molar-refractivity contribution in [1.82, 2.24) is 0 Å². The minimum atomic E-state index is 0.617. The Morgan fingerprint density at radius 1 is 1.53 bits per heavy atom. The number of hydrogen-bond donors (Lipinski definition) is 2. The lowest BCUT2D eigenvalue weighted by Gasteiger charge is -2.12. The summed E-state index contributed by atoms with van der Waals surface area (Å²) >= 11 is 1.72. The third-order valence-electron chi connectivity index (χ3n) is 2.11. The van der Waals surface area contributed by atoms with Crippen LogP contribution in [0.2, 0.25) is 0 Å². The Balaban J connectivity index is 2.48. The first-order chi connectivity index (χ1) is 8.29. The molecule has 0 aliphatic rings. The molecule has 0 fully saturated rings. The lowest BCUT2D eigenvalue weighted by Crippen LogP contribution is -2.07. The maximum Gasteiger partial charge on any atom is 0.144 e. The molecule has 0 unspecified atom stereocenters. The number of thioether (sulfide) groups is 1. The van der Waals surface area contributed by atoms with Gasteiger partial charge in [0.2, 0.25) is 0 Å². The fourth-order valence-electron chi connectivity index (χ4n) is 1.37. The SMILES string of the molecule is C#CCSCCNc1cccc(OCC)c1N. The highest BCUT2D eigenvalue weighted by Crippen LogP contribution is 2.29. The number of hydrogen-bond acceptors (Lipinski definition) is 4. The van der Waals surface area contributed by atoms with Crippen molar-refractivity contribution in [1.29, 1.82) is 0 Å². The van der Waals surface area contributed by atoms with Gasteiger partial charge in [0.15, 0.2) is 0 Å². The van der Waals surface area contributed by atoms with Gasteiger partial charge in [0, 0.05) is 12.3 Å². The molecule has 0 amide bonds. The predicted octanol–water partition coefficient (Wildman–Crippen LogP) is 2.45. The van der Waals surface area contributed by atoms with Gasteiger partial charge in [-0.05, 0) is 19.1 Å². The molecule has 0 radical (unpaired) electrons. The Hall–Kier alpha value is -1.47. The number of nitrogen functional groups attached to an aromatic ring is 1. The van der Waals surface area contributed by atoms with Crippen molar-refractivity contribution < 1.29 is 4.74 Å². The second-order valence-electron chi connectivity index (χ2n) is 3.33. The van der Waals surface area contributed by atoms with E-state index < -0.39 is 0 Å². The predicted molar refractivity (Wildman–Crippen MR) is 76.7 cm³/mol. The number of benzene rings is 1. The summed E-state index contributed by atoms with van der Waals surface area (Å²) in [5.74, 6) is 5.03. The monoisotopic (exact) mass is 250 g/mol. The summed E-state index contributed by atoms with van der Waals surface area (Å²) in [5.41, 5.74) is 7.56. The maximum atomic E-state index is 5.98. The van der Waals surface area contributed by atoms with Gasteiger partial charge < -0.3 is 15.8 Å². The summed E-state index contributed by atoms with van der Waals surface area (Å²) < 4.78 is 5.43. The van der Waals surface area contributed by atoms with Gasteiger partial charge in [-0.1, -0.05) is 12.0 Å². The normalized spacial score (nSPS) is 9.65. The smallest absolute Gasteiger partial charge is 0.144 e. The summed E-state index contributed by atoms with van der Waals surface area (Å²) in [4.78, 5) is 0. The molecule has 0 saturated carbocycles. The molecule has 0 aromatic heterocycles. The molecule has 4 heteroatoms. The van der Waals surface area contributed by atoms with E-state index in [-0.39, 0.29) is 0 Å². The van der Waals surface area contributed by atoms with Gasteiger partial charge in [-0.2, -0.15) is 0 Å². The molecule has 1 rings (SSSR count). The Morgan fingerprint density at radius 3 is 3.06 bits per heavy atom. The topological polar surface area (TPSA) is 47.3 Å². The van der Waals surface area contributed by atoms with E-state index in [0.29, 0.717) is 12.3 Å². The van der Waals surface area contributed by atoms with Crippen LogP contribution in [-0.4, -0.2) is 24.7 Å². The molecule has 3 nitrogen and oxygen atoms in total. The Kier molecular flexibility index (Phi) is 6.19. The zero-order valence-electron chi connectivity index (χ0n) is 10.0. The van der Waals surface area contributed by atoms with E-state index in [1.54, 1.807) is 11.8 Å². The molecular formula is C13H18N2OS. The fourth-order valence-corrected chi connectivity index (χ4v) is 1.88. The summed E-state index contributed by atoms with van der Waals surface area (Å²) in [6.07, 6.45) is 5.17. The van der Waals surface area contributed by atoms with Crippen LogP contribution >= 0.6 is 11.8 Å². The van der Waals surface area contributed by atoms with E-state index in [1.165, 1.54) is 0 Å². The van der Waals surface area contributed by atoms with E-state index in [0.717, 1.165) is 29.5 Å². The van der Waals surface area contributed by atoms with Crippen LogP contribution in [0.1, 0.15) is 6.92 Å². The third-order valence-corrected chi connectivity index (χ3v) is 2.98. The van der Waals surface area contributed by atoms with Crippen molar-refractivity contribution >= 4 is 23.1 Å². The average molecular weight is 250 g/mol. The van der Waals surface area contributed by atoms with E-state index >= 15 is 0 Å². The van der Waals surface area contributed by atoms with Crippen molar-refractivity contribution in [3.05, 3.63) is 18.2 Å². The highest BCUT2D eigenvalue weighted by molar-refractivity contribution is 7.99. The number of anilines is 2. The maximum absolute atomic E-state index is 5.98. The molecule has 0 aliphatic carbocycles. The molecule has 0 spiro atoms. The van der Waals surface area contributed by atoms with Gasteiger partial charge in [0.1, 0.15) is 5.75 Å². The summed E-state index contributed by atoms with van der Waals surface area (Å²) in [5, 5.41) is 3.28. The first-order valence-corrected chi connectivity index (χ1v) is 6.71. The highest BCUT2D eigenvalue weighted by atomic mass is 32.2. The standard InChI is InChI=1S/C13H18N2OS/c1-3-9-17-10-8-15-11-6-5-7-12(13(11)14)16-4-2/h1,5-7,15H,4,8-10,14H2,2H3. The zero-order chi connectivity index (χ0) is 12.5. The van der Waals surface area contributed by atoms with Gasteiger partial charge >= 0.3 is 0 Å². The average Bonchev–Trinajstić information content (AvgIpc) is 2.33. The second-order valence-corrected chi connectivity index (χ2v) is 4.44. The molecule has 0 bridgehead atoms. The quantitative estimate of drug-likeness (QED) is 0.443. The summed E-state index contributed by atoms with van der Waals surface area (Å²) in [6.45, 7) is 3.40. The number of para-hydroxylation sites is 1. The van der Waals surface area contributed by atoms with Crippen LogP contribution in [0.3, 0.4) is 0 Å². The minimum Gasteiger partial charge on any atom is -0.492 e. The van der Waals surface area contributed by atoms with Crippen LogP contribution in [0, 0.1) is 12.3 Å². The van der Waals surface area contributed by atoms with E-state index in [9.17, 15) is 0 Å². The first-order valence-electron chi connectivity index (χ1n) is 5.56. The van der Waals surface area contributed by atoms with Crippen LogP contribution in [-0.2, 0) is 0 Å². The number of ether oxygens (including phenoxy) is 1. The van der Waals surface area contributed by atoms with Crippen molar-refractivity contribution in [2.24, 2.45) is 0 Å². The lowest BCUT2D eigenvalue weighted by molar-refractivity contribution is 0.342. The van der Waals surface area contributed by atoms with Crippen LogP contribution in [0.15, 0.2) is 18.2 Å². The van der Waals surface area contributed by atoms with Crippen LogP contribution in [0.25, 0.3) is 0 Å². The summed E-state index contributed by atoms with van der Waals surface area (Å²) in [6, 6.07) is 5.75. The zero-order valence-corrected chi connectivity index (χ0v) is 10.8. The molecule has 3 N–H and O–H groups in total. The third kappa shape index (κ3) is 4.49. The molecular weight excluding hydrogens is 232 g/mol. The highest BCUT2D eigenvalue weighted by Gasteiger charge is 2.04. The molecule has 0 atom stereocenters. The molecule has 1 aromatic rings. The van der Waals surface area contributed by atoms with Crippen molar-refractivity contribution in [2.75, 3.05) is 35.7 Å². The van der Waals surface area contributed by atoms with Crippen molar-refractivity contribution in [3.63, 3.8) is 0 Å². The Morgan fingerprint density at radius 2 is 2.35 bits per heavy atom. The van der Waals surface area contributed by atoms with Gasteiger partial charge in [-0.15, -0.1) is 18.2 Å². The van der Waals surface area contributed by atoms with Crippen molar-refractivity contribution in [3.8, 4) is 18.1 Å². The number of nitrogens with two attached hydrogens (primary N) is 1. The first kappa shape index (κ1) is 13.6. The van der Waals surface area contributed by atoms with Gasteiger partial charge in [-0.3, -0.25) is 0 Å². The lowest BCUT2D eigenvalue weighted by atomic mass is 10.2. The van der Waals surface area contributed by atoms with E-state index in [4.69, 9.17) is 16.9 Å². The number of rotatable bonds is 7. The van der Waals surface area contributed by atoms with Crippen LogP contribution in [0.5, 0.6) is 5.75 Å². The fraction of sp³-hybridized carbons (Fsp3) is 0.385. The molecule has 1 aromatic carbocycles. The minimum absolute atomic E-state index is 0.617. The molecule has 92 valence electrons. The van der Waals surface area contributed by atoms with Gasteiger partial charge in [-0.25, -0.2) is 0 Å². The summed E-state index contributed by atoms with van der Waals surface area (Å²) in [7, 11) is 0. The van der Waals surface area contributed by atoms with E-state index in [1.807, 2.05) is 25.1 Å². The molecule has 0 aliphatic heterocycles. The second kappa shape index (κ2) is 7.75. The Labute approximate surface area is 107 Å². The van der Waals surface area contributed by atoms with Gasteiger partial charge in [0.05, 0.1) is 23.7 Å². The van der Waals surface area contributed by atoms with Crippen molar-refractivity contribution in [2.45, 2.75) is 6.92 Å². The van der Waals surface area contributed by atoms with Gasteiger partial charge in [0.25, 0.3) is 0 Å². The molecule has 17 heavy (non-hydrogen) atoms. The number of terminal acetylenes is 1. The largest absolute Gasteiger partial charge is 0.492 e. The Bertz CT molecular complexity index is 387. The van der Waals surface area contributed by atoms with Crippen LogP contribution in [0.4, 0.5) is 11.4 Å². The number of nitrogens with one attached hydrogen (secondary N) is 1. The molecule has 0 heterocycles. The van der Waals surface area contributed by atoms with Crippen LogP contribution < -0.4 is 15.8 Å². The molecule has 0 saturated heterocycles. The van der Waals surface area contributed by atoms with E-state index in [2.05, 4.69) is 11.2 Å².